The van der Waals surface area contributed by atoms with Crippen LogP contribution >= 0.6 is 0 Å². The molecule has 9 nitrogen and oxygen atoms in total. The van der Waals surface area contributed by atoms with Gasteiger partial charge < -0.3 is 31.4 Å². The van der Waals surface area contributed by atoms with Gasteiger partial charge in [-0.15, -0.1) is 0 Å². The van der Waals surface area contributed by atoms with Gasteiger partial charge in [-0.1, -0.05) is 0 Å². The monoisotopic (exact) mass is 433 g/mol. The number of rotatable bonds is 2. The SMILES string of the molecule is CC(N)C(=O)O.Nc1ccc2c(C(F)(F)F)cc(=O)oc2c1.O=C(O)[C@@H]1CCCN1. The summed E-state index contributed by atoms with van der Waals surface area (Å²) in [4.78, 5) is 30.7. The van der Waals surface area contributed by atoms with Gasteiger partial charge in [0.15, 0.2) is 0 Å². The van der Waals surface area contributed by atoms with Gasteiger partial charge >= 0.3 is 23.7 Å². The average Bonchev–Trinajstić information content (AvgIpc) is 3.16. The molecule has 0 amide bonds. The van der Waals surface area contributed by atoms with Crippen LogP contribution in [0.4, 0.5) is 18.9 Å². The Balaban J connectivity index is 0.000000268. The number of carboxylic acids is 2. The molecular formula is C18H22F3N3O6. The summed E-state index contributed by atoms with van der Waals surface area (Å²) in [6.07, 6.45) is -2.81. The molecular weight excluding hydrogens is 411 g/mol. The molecule has 1 unspecified atom stereocenters. The van der Waals surface area contributed by atoms with Crippen LogP contribution in [-0.2, 0) is 15.8 Å². The van der Waals surface area contributed by atoms with Crippen molar-refractivity contribution in [2.45, 2.75) is 38.0 Å². The van der Waals surface area contributed by atoms with Crippen LogP contribution in [0.1, 0.15) is 25.3 Å². The molecule has 1 aromatic heterocycles. The van der Waals surface area contributed by atoms with Crippen LogP contribution in [0.25, 0.3) is 11.0 Å². The zero-order valence-electron chi connectivity index (χ0n) is 15.9. The second kappa shape index (κ2) is 10.6. The van der Waals surface area contributed by atoms with E-state index in [1.807, 2.05) is 0 Å². The summed E-state index contributed by atoms with van der Waals surface area (Å²) in [6, 6.07) is 3.11. The Bertz CT molecular complexity index is 937. The Morgan fingerprint density at radius 2 is 1.87 bits per heavy atom. The summed E-state index contributed by atoms with van der Waals surface area (Å²) in [5.74, 6) is -1.68. The third-order valence-corrected chi connectivity index (χ3v) is 3.82. The molecule has 2 heterocycles. The normalized spacial score (nSPS) is 16.6. The maximum atomic E-state index is 12.6. The number of nitrogens with one attached hydrogen (secondary N) is 1. The molecule has 2 atom stereocenters. The van der Waals surface area contributed by atoms with Crippen molar-refractivity contribution in [3.05, 3.63) is 40.2 Å². The zero-order chi connectivity index (χ0) is 23.1. The predicted octanol–water partition coefficient (Wildman–Crippen LogP) is 1.64. The molecule has 12 heteroatoms. The van der Waals surface area contributed by atoms with Crippen LogP contribution in [0.15, 0.2) is 33.5 Å². The lowest BCUT2D eigenvalue weighted by Crippen LogP contribution is -2.29. The number of carboxylic acid groups (broad SMARTS) is 2. The van der Waals surface area contributed by atoms with E-state index in [-0.39, 0.29) is 22.7 Å². The maximum absolute atomic E-state index is 12.6. The second-order valence-electron chi connectivity index (χ2n) is 6.35. The molecule has 0 bridgehead atoms. The highest BCUT2D eigenvalue weighted by molar-refractivity contribution is 5.83. The number of nitrogen functional groups attached to an aromatic ring is 1. The summed E-state index contributed by atoms with van der Waals surface area (Å²) < 4.78 is 42.4. The van der Waals surface area contributed by atoms with Gasteiger partial charge in [-0.2, -0.15) is 13.2 Å². The average molecular weight is 433 g/mol. The van der Waals surface area contributed by atoms with E-state index in [4.69, 9.17) is 21.7 Å². The number of hydrogen-bond acceptors (Lipinski definition) is 7. The van der Waals surface area contributed by atoms with Crippen LogP contribution < -0.4 is 22.4 Å². The molecule has 1 aliphatic rings. The van der Waals surface area contributed by atoms with Gasteiger partial charge in [0.2, 0.25) is 0 Å². The van der Waals surface area contributed by atoms with Crippen molar-refractivity contribution >= 4 is 28.6 Å². The number of nitrogens with two attached hydrogens (primary N) is 2. The van der Waals surface area contributed by atoms with Crippen molar-refractivity contribution in [2.75, 3.05) is 12.3 Å². The fourth-order valence-corrected chi connectivity index (χ4v) is 2.31. The Morgan fingerprint density at radius 1 is 1.27 bits per heavy atom. The minimum absolute atomic E-state index is 0.167. The minimum atomic E-state index is -4.59. The van der Waals surface area contributed by atoms with Crippen molar-refractivity contribution in [2.24, 2.45) is 5.73 Å². The highest BCUT2D eigenvalue weighted by atomic mass is 19.4. The van der Waals surface area contributed by atoms with E-state index in [1.54, 1.807) is 0 Å². The first-order valence-corrected chi connectivity index (χ1v) is 8.68. The molecule has 0 spiro atoms. The van der Waals surface area contributed by atoms with Gasteiger partial charge in [0.05, 0.1) is 5.56 Å². The molecule has 30 heavy (non-hydrogen) atoms. The molecule has 1 aliphatic heterocycles. The van der Waals surface area contributed by atoms with Gasteiger partial charge in [0.1, 0.15) is 17.7 Å². The summed E-state index contributed by atoms with van der Waals surface area (Å²) in [6.45, 7) is 2.28. The number of hydrogen-bond donors (Lipinski definition) is 5. The van der Waals surface area contributed by atoms with E-state index in [1.165, 1.54) is 25.1 Å². The predicted molar refractivity (Wildman–Crippen MR) is 102 cm³/mol. The van der Waals surface area contributed by atoms with E-state index in [2.05, 4.69) is 9.73 Å². The second-order valence-corrected chi connectivity index (χ2v) is 6.35. The summed E-state index contributed by atoms with van der Waals surface area (Å²) in [5.41, 5.74) is 8.22. The number of alkyl halides is 3. The first kappa shape index (κ1) is 24.9. The van der Waals surface area contributed by atoms with E-state index >= 15 is 0 Å². The highest BCUT2D eigenvalue weighted by Gasteiger charge is 2.33. The van der Waals surface area contributed by atoms with Gasteiger partial charge in [0.25, 0.3) is 0 Å². The third-order valence-electron chi connectivity index (χ3n) is 3.82. The summed E-state index contributed by atoms with van der Waals surface area (Å²) in [5, 5.41) is 18.9. The van der Waals surface area contributed by atoms with Crippen molar-refractivity contribution in [3.8, 4) is 0 Å². The van der Waals surface area contributed by atoms with Gasteiger partial charge in [-0.25, -0.2) is 4.79 Å². The molecule has 1 fully saturated rings. The molecule has 7 N–H and O–H groups in total. The van der Waals surface area contributed by atoms with Crippen molar-refractivity contribution in [1.29, 1.82) is 0 Å². The lowest BCUT2D eigenvalue weighted by molar-refractivity contribution is -0.139. The van der Waals surface area contributed by atoms with Gasteiger partial charge in [-0.05, 0) is 38.4 Å². The topological polar surface area (TPSA) is 169 Å². The van der Waals surface area contributed by atoms with Crippen LogP contribution in [0.5, 0.6) is 0 Å². The zero-order valence-corrected chi connectivity index (χ0v) is 15.9. The number of fused-ring (bicyclic) bond motifs is 1. The number of aliphatic carboxylic acids is 2. The maximum Gasteiger partial charge on any atom is 0.417 e. The van der Waals surface area contributed by atoms with Crippen LogP contribution in [0.3, 0.4) is 0 Å². The molecule has 1 aromatic carbocycles. The van der Waals surface area contributed by atoms with Crippen molar-refractivity contribution in [1.82, 2.24) is 5.32 Å². The number of halogens is 3. The molecule has 1 saturated heterocycles. The van der Waals surface area contributed by atoms with E-state index in [0.29, 0.717) is 6.07 Å². The summed E-state index contributed by atoms with van der Waals surface area (Å²) in [7, 11) is 0. The van der Waals surface area contributed by atoms with E-state index in [0.717, 1.165) is 19.4 Å². The molecule has 3 rings (SSSR count). The Hall–Kier alpha value is -3.12. The minimum Gasteiger partial charge on any atom is -0.480 e. The molecule has 166 valence electrons. The molecule has 0 aliphatic carbocycles. The quantitative estimate of drug-likeness (QED) is 0.349. The number of benzene rings is 1. The van der Waals surface area contributed by atoms with E-state index < -0.39 is 35.3 Å². The molecule has 0 radical (unpaired) electrons. The Morgan fingerprint density at radius 3 is 2.27 bits per heavy atom. The lowest BCUT2D eigenvalue weighted by atomic mass is 10.1. The lowest BCUT2D eigenvalue weighted by Gasteiger charge is -2.08. The first-order chi connectivity index (χ1) is 13.8. The largest absolute Gasteiger partial charge is 0.480 e. The third kappa shape index (κ3) is 7.72. The van der Waals surface area contributed by atoms with Crippen LogP contribution in [-0.4, -0.2) is 40.8 Å². The molecule has 2 aromatic rings. The molecule has 0 saturated carbocycles. The Labute approximate surface area is 168 Å². The standard InChI is InChI=1S/C10H6F3NO2.C5H9NO2.C3H7NO2/c11-10(12,13)7-4-9(15)16-8-3-5(14)1-2-6(7)8;7-5(8)4-2-1-3-6-4;1-2(4)3(5)6/h1-4H,14H2;4,6H,1-3H2,(H,7,8);2H,4H2,1H3,(H,5,6)/t;4-;/m.0./s1. The smallest absolute Gasteiger partial charge is 0.417 e. The van der Waals surface area contributed by atoms with Gasteiger partial charge in [0, 0.05) is 23.2 Å². The number of carbonyl (C=O) groups is 2. The highest BCUT2D eigenvalue weighted by Crippen LogP contribution is 2.34. The van der Waals surface area contributed by atoms with Crippen molar-refractivity contribution in [3.63, 3.8) is 0 Å². The van der Waals surface area contributed by atoms with Gasteiger partial charge in [-0.3, -0.25) is 9.59 Å². The fourth-order valence-electron chi connectivity index (χ4n) is 2.31. The summed E-state index contributed by atoms with van der Waals surface area (Å²) >= 11 is 0. The number of anilines is 1. The van der Waals surface area contributed by atoms with Crippen molar-refractivity contribution < 1.29 is 37.4 Å². The van der Waals surface area contributed by atoms with Crippen LogP contribution in [0.2, 0.25) is 0 Å². The Kier molecular flexibility index (Phi) is 8.80. The van der Waals surface area contributed by atoms with Crippen LogP contribution in [0, 0.1) is 0 Å². The first-order valence-electron chi connectivity index (χ1n) is 8.68. The van der Waals surface area contributed by atoms with E-state index in [9.17, 15) is 27.6 Å². The fraction of sp³-hybridized carbons (Fsp3) is 0.389.